The number of anilines is 6. The third kappa shape index (κ3) is 5.78. The Morgan fingerprint density at radius 1 is 0.276 bits per heavy atom. The molecule has 0 amide bonds. The first kappa shape index (κ1) is 35.8. The molecule has 0 unspecified atom stereocenters. The molecule has 0 heterocycles. The summed E-state index contributed by atoms with van der Waals surface area (Å²) in [6.07, 6.45) is 0. The molecule has 0 saturated carbocycles. The van der Waals surface area contributed by atoms with Crippen LogP contribution in [-0.4, -0.2) is 0 Å². The Morgan fingerprint density at radius 2 is 0.552 bits per heavy atom. The van der Waals surface area contributed by atoms with Gasteiger partial charge in [-0.1, -0.05) is 151 Å². The molecule has 58 heavy (non-hydrogen) atoms. The lowest BCUT2D eigenvalue weighted by Gasteiger charge is -2.31. The standard InChI is InChI=1S/C56H48N2/c1-55(2,3)37-27-29-43-47(35-37)45-31-33-50(58(41-23-15-9-16-24-41)42-25-17-10-18-26-42)52-44-30-28-38(56(4,5)6)36-48(44)46-32-34-49(51(43)54(46)53(45)52)57(39-19-11-7-12-20-39)40-21-13-8-14-22-40/h7-36H,1-6H3. The third-order valence-corrected chi connectivity index (χ3v) is 12.0. The summed E-state index contributed by atoms with van der Waals surface area (Å²) in [6, 6.07) is 67.4. The van der Waals surface area contributed by atoms with Crippen LogP contribution < -0.4 is 9.80 Å². The van der Waals surface area contributed by atoms with Crippen molar-refractivity contribution in [3.05, 3.63) is 193 Å². The van der Waals surface area contributed by atoms with E-state index in [1.54, 1.807) is 0 Å². The summed E-state index contributed by atoms with van der Waals surface area (Å²) in [4.78, 5) is 4.90. The second-order valence-corrected chi connectivity index (χ2v) is 17.8. The SMILES string of the molecule is CC(C)(C)c1ccc2c(c1)c1ccc(N(c3ccccc3)c3ccccc3)c3c4ccc(C(C)(C)C)cc4c4ccc(N(c5ccccc5)c5ccccc5)c2c4c13. The highest BCUT2D eigenvalue weighted by molar-refractivity contribution is 6.43. The summed E-state index contributed by atoms with van der Waals surface area (Å²) >= 11 is 0. The van der Waals surface area contributed by atoms with E-state index in [2.05, 4.69) is 233 Å². The fraction of sp³-hybridized carbons (Fsp3) is 0.143. The molecule has 10 aromatic carbocycles. The van der Waals surface area contributed by atoms with Crippen LogP contribution >= 0.6 is 0 Å². The molecule has 0 spiro atoms. The Kier molecular flexibility index (Phi) is 8.32. The minimum atomic E-state index is -0.0204. The zero-order valence-electron chi connectivity index (χ0n) is 34.2. The van der Waals surface area contributed by atoms with Crippen LogP contribution in [0, 0.1) is 0 Å². The molecule has 10 rings (SSSR count). The summed E-state index contributed by atoms with van der Waals surface area (Å²) < 4.78 is 0. The number of rotatable bonds is 6. The lowest BCUT2D eigenvalue weighted by atomic mass is 9.80. The summed E-state index contributed by atoms with van der Waals surface area (Å²) in [6.45, 7) is 13.9. The molecule has 0 N–H and O–H groups in total. The average molecular weight is 749 g/mol. The second kappa shape index (κ2) is 13.5. The van der Waals surface area contributed by atoms with E-state index in [1.807, 2.05) is 0 Å². The van der Waals surface area contributed by atoms with Gasteiger partial charge in [-0.05, 0) is 127 Å². The van der Waals surface area contributed by atoms with Crippen molar-refractivity contribution >= 4 is 88.0 Å². The Morgan fingerprint density at radius 3 is 0.845 bits per heavy atom. The predicted octanol–water partition coefficient (Wildman–Crippen LogP) is 16.4. The van der Waals surface area contributed by atoms with E-state index in [9.17, 15) is 0 Å². The monoisotopic (exact) mass is 748 g/mol. The highest BCUT2D eigenvalue weighted by Crippen LogP contribution is 2.54. The first-order valence-corrected chi connectivity index (χ1v) is 20.5. The zero-order valence-corrected chi connectivity index (χ0v) is 34.2. The van der Waals surface area contributed by atoms with E-state index in [-0.39, 0.29) is 10.8 Å². The van der Waals surface area contributed by atoms with Crippen molar-refractivity contribution in [2.24, 2.45) is 0 Å². The van der Waals surface area contributed by atoms with Crippen LogP contribution in [0.15, 0.2) is 182 Å². The van der Waals surface area contributed by atoms with Gasteiger partial charge in [0.1, 0.15) is 0 Å². The molecular formula is C56H48N2. The van der Waals surface area contributed by atoms with Crippen LogP contribution in [-0.2, 0) is 10.8 Å². The number of nitrogens with zero attached hydrogens (tertiary/aromatic N) is 2. The molecule has 0 fully saturated rings. The number of para-hydroxylation sites is 4. The number of hydrogen-bond donors (Lipinski definition) is 0. The molecule has 0 aliphatic heterocycles. The van der Waals surface area contributed by atoms with Crippen LogP contribution in [0.1, 0.15) is 52.7 Å². The van der Waals surface area contributed by atoms with Gasteiger partial charge in [0.15, 0.2) is 0 Å². The van der Waals surface area contributed by atoms with Crippen molar-refractivity contribution in [3.8, 4) is 0 Å². The van der Waals surface area contributed by atoms with E-state index in [0.29, 0.717) is 0 Å². The Labute approximate surface area is 341 Å². The van der Waals surface area contributed by atoms with Gasteiger partial charge in [-0.25, -0.2) is 0 Å². The molecule has 2 nitrogen and oxygen atoms in total. The molecule has 0 atom stereocenters. The van der Waals surface area contributed by atoms with Crippen LogP contribution in [0.5, 0.6) is 0 Å². The van der Waals surface area contributed by atoms with Gasteiger partial charge in [0.2, 0.25) is 0 Å². The van der Waals surface area contributed by atoms with Gasteiger partial charge in [-0.2, -0.15) is 0 Å². The molecule has 0 bridgehead atoms. The molecule has 282 valence electrons. The molecule has 0 saturated heterocycles. The maximum atomic E-state index is 2.48. The maximum absolute atomic E-state index is 2.48. The summed E-state index contributed by atoms with van der Waals surface area (Å²) in [7, 11) is 0. The molecule has 0 aliphatic carbocycles. The van der Waals surface area contributed by atoms with Crippen LogP contribution in [0.4, 0.5) is 34.1 Å². The van der Waals surface area contributed by atoms with Gasteiger partial charge in [0.05, 0.1) is 11.4 Å². The Hall–Kier alpha value is -6.64. The number of fused-ring (bicyclic) bond motifs is 6. The minimum absolute atomic E-state index is 0.0204. The fourth-order valence-electron chi connectivity index (χ4n) is 9.14. The van der Waals surface area contributed by atoms with Crippen molar-refractivity contribution in [1.82, 2.24) is 0 Å². The van der Waals surface area contributed by atoms with Gasteiger partial charge in [-0.15, -0.1) is 0 Å². The number of hydrogen-bond acceptors (Lipinski definition) is 2. The van der Waals surface area contributed by atoms with E-state index >= 15 is 0 Å². The number of benzene rings is 10. The highest BCUT2D eigenvalue weighted by Gasteiger charge is 2.28. The van der Waals surface area contributed by atoms with Gasteiger partial charge >= 0.3 is 0 Å². The normalized spacial score (nSPS) is 12.3. The topological polar surface area (TPSA) is 6.48 Å². The summed E-state index contributed by atoms with van der Waals surface area (Å²) in [5.41, 5.74) is 9.46. The fourth-order valence-corrected chi connectivity index (χ4v) is 9.14. The first-order chi connectivity index (χ1) is 28.1. The van der Waals surface area contributed by atoms with Crippen molar-refractivity contribution < 1.29 is 0 Å². The van der Waals surface area contributed by atoms with Crippen LogP contribution in [0.25, 0.3) is 53.9 Å². The Bertz CT molecular complexity index is 2810. The Balaban J connectivity index is 1.47. The van der Waals surface area contributed by atoms with E-state index in [4.69, 9.17) is 0 Å². The van der Waals surface area contributed by atoms with Crippen molar-refractivity contribution in [2.75, 3.05) is 9.80 Å². The van der Waals surface area contributed by atoms with Crippen molar-refractivity contribution in [1.29, 1.82) is 0 Å². The molecule has 2 heteroatoms. The summed E-state index contributed by atoms with van der Waals surface area (Å²) in [5.74, 6) is 0. The van der Waals surface area contributed by atoms with E-state index < -0.39 is 0 Å². The predicted molar refractivity (Wildman–Crippen MR) is 252 cm³/mol. The van der Waals surface area contributed by atoms with Gasteiger partial charge < -0.3 is 9.80 Å². The quantitative estimate of drug-likeness (QED) is 0.123. The second-order valence-electron chi connectivity index (χ2n) is 17.8. The molecule has 0 aliphatic rings. The molecular weight excluding hydrogens is 701 g/mol. The third-order valence-electron chi connectivity index (χ3n) is 12.0. The lowest BCUT2D eigenvalue weighted by Crippen LogP contribution is -2.13. The largest absolute Gasteiger partial charge is 0.310 e. The highest BCUT2D eigenvalue weighted by atomic mass is 15.1. The summed E-state index contributed by atoms with van der Waals surface area (Å²) in [5, 5.41) is 12.8. The van der Waals surface area contributed by atoms with Crippen molar-refractivity contribution in [3.63, 3.8) is 0 Å². The maximum Gasteiger partial charge on any atom is 0.0546 e. The van der Waals surface area contributed by atoms with E-state index in [1.165, 1.54) is 76.4 Å². The van der Waals surface area contributed by atoms with Gasteiger partial charge in [0, 0.05) is 44.3 Å². The van der Waals surface area contributed by atoms with Gasteiger partial charge in [0.25, 0.3) is 0 Å². The first-order valence-electron chi connectivity index (χ1n) is 20.5. The van der Waals surface area contributed by atoms with Gasteiger partial charge in [-0.3, -0.25) is 0 Å². The zero-order chi connectivity index (χ0) is 39.8. The van der Waals surface area contributed by atoms with Crippen LogP contribution in [0.3, 0.4) is 0 Å². The molecule has 10 aromatic rings. The molecule has 0 radical (unpaired) electrons. The van der Waals surface area contributed by atoms with E-state index in [0.717, 1.165) is 22.7 Å². The van der Waals surface area contributed by atoms with Crippen molar-refractivity contribution in [2.45, 2.75) is 52.4 Å². The smallest absolute Gasteiger partial charge is 0.0546 e. The van der Waals surface area contributed by atoms with Crippen LogP contribution in [0.2, 0.25) is 0 Å². The lowest BCUT2D eigenvalue weighted by molar-refractivity contribution is 0.591. The minimum Gasteiger partial charge on any atom is -0.310 e. The molecule has 0 aromatic heterocycles. The average Bonchev–Trinajstić information content (AvgIpc) is 3.24.